The third-order valence-corrected chi connectivity index (χ3v) is 4.59. The molecule has 0 aliphatic heterocycles. The van der Waals surface area contributed by atoms with Crippen molar-refractivity contribution in [3.05, 3.63) is 54.7 Å². The molecule has 3 rings (SSSR count). The molecule has 0 atom stereocenters. The first kappa shape index (κ1) is 17.9. The fourth-order valence-corrected chi connectivity index (χ4v) is 3.06. The van der Waals surface area contributed by atoms with Gasteiger partial charge in [0.25, 0.3) is 0 Å². The number of pyridine rings is 1. The van der Waals surface area contributed by atoms with Crippen LogP contribution >= 0.6 is 11.8 Å². The Morgan fingerprint density at radius 2 is 2.08 bits per heavy atom. The number of nitrogens with zero attached hydrogens (tertiary/aromatic N) is 4. The van der Waals surface area contributed by atoms with Crippen LogP contribution in [0.5, 0.6) is 5.75 Å². The van der Waals surface area contributed by atoms with Crippen LogP contribution in [-0.2, 0) is 11.3 Å². The van der Waals surface area contributed by atoms with E-state index in [1.165, 1.54) is 11.8 Å². The summed E-state index contributed by atoms with van der Waals surface area (Å²) in [6.07, 6.45) is 3.33. The third kappa shape index (κ3) is 4.60. The van der Waals surface area contributed by atoms with E-state index in [9.17, 15) is 4.79 Å². The maximum Gasteiger partial charge on any atom is 0.246 e. The summed E-state index contributed by atoms with van der Waals surface area (Å²) in [7, 11) is 3.33. The zero-order valence-corrected chi connectivity index (χ0v) is 15.3. The molecule has 0 N–H and O–H groups in total. The van der Waals surface area contributed by atoms with Gasteiger partial charge in [-0.1, -0.05) is 11.2 Å². The highest BCUT2D eigenvalue weighted by molar-refractivity contribution is 8.00. The normalized spacial score (nSPS) is 10.5. The Bertz CT molecular complexity index is 870. The number of rotatable bonds is 7. The van der Waals surface area contributed by atoms with Gasteiger partial charge in [0.1, 0.15) is 5.75 Å². The standard InChI is InChI=1S/C18H18N4O3S/c1-22(17(23)12-26-15-5-3-4-14(10-15)24-2)11-16-20-18(21-25-16)13-6-8-19-9-7-13/h3-10H,11-12H2,1-2H3. The van der Waals surface area contributed by atoms with Crippen molar-refractivity contribution in [1.29, 1.82) is 0 Å². The van der Waals surface area contributed by atoms with Crippen LogP contribution in [0.3, 0.4) is 0 Å². The molecule has 0 saturated heterocycles. The van der Waals surface area contributed by atoms with Gasteiger partial charge >= 0.3 is 0 Å². The minimum atomic E-state index is -0.0264. The van der Waals surface area contributed by atoms with Crippen LogP contribution in [0, 0.1) is 0 Å². The maximum absolute atomic E-state index is 12.3. The Kier molecular flexibility index (Phi) is 5.85. The monoisotopic (exact) mass is 370 g/mol. The molecule has 0 saturated carbocycles. The van der Waals surface area contributed by atoms with Crippen molar-refractivity contribution in [1.82, 2.24) is 20.0 Å². The molecule has 7 nitrogen and oxygen atoms in total. The van der Waals surface area contributed by atoms with Crippen LogP contribution in [0.25, 0.3) is 11.4 Å². The summed E-state index contributed by atoms with van der Waals surface area (Å²) in [6.45, 7) is 0.260. The Balaban J connectivity index is 1.55. The Morgan fingerprint density at radius 1 is 1.27 bits per heavy atom. The van der Waals surface area contributed by atoms with Crippen molar-refractivity contribution in [2.75, 3.05) is 19.9 Å². The summed E-state index contributed by atoms with van der Waals surface area (Å²) in [5, 5.41) is 3.94. The van der Waals surface area contributed by atoms with Crippen molar-refractivity contribution in [3.8, 4) is 17.1 Å². The second-order valence-electron chi connectivity index (χ2n) is 5.47. The molecule has 2 aromatic heterocycles. The first-order chi connectivity index (χ1) is 12.7. The van der Waals surface area contributed by atoms with Crippen molar-refractivity contribution >= 4 is 17.7 Å². The van der Waals surface area contributed by atoms with Gasteiger partial charge in [-0.05, 0) is 30.3 Å². The minimum Gasteiger partial charge on any atom is -0.497 e. The number of carbonyl (C=O) groups is 1. The number of ether oxygens (including phenoxy) is 1. The first-order valence-electron chi connectivity index (χ1n) is 7.89. The predicted octanol–water partition coefficient (Wildman–Crippen LogP) is 2.89. The zero-order valence-electron chi connectivity index (χ0n) is 14.5. The summed E-state index contributed by atoms with van der Waals surface area (Å²) >= 11 is 1.45. The second-order valence-corrected chi connectivity index (χ2v) is 6.51. The van der Waals surface area contributed by atoms with Crippen LogP contribution in [0.15, 0.2) is 58.2 Å². The SMILES string of the molecule is COc1cccc(SCC(=O)N(C)Cc2nc(-c3ccncc3)no2)c1. The summed E-state index contributed by atoms with van der Waals surface area (Å²) in [6, 6.07) is 11.2. The predicted molar refractivity (Wildman–Crippen MR) is 97.7 cm³/mol. The second kappa shape index (κ2) is 8.48. The van der Waals surface area contributed by atoms with Gasteiger partial charge in [0.15, 0.2) is 0 Å². The maximum atomic E-state index is 12.3. The third-order valence-electron chi connectivity index (χ3n) is 3.61. The van der Waals surface area contributed by atoms with Gasteiger partial charge in [0.05, 0.1) is 19.4 Å². The van der Waals surface area contributed by atoms with E-state index >= 15 is 0 Å². The van der Waals surface area contributed by atoms with Gasteiger partial charge in [-0.15, -0.1) is 11.8 Å². The molecule has 0 aliphatic rings. The van der Waals surface area contributed by atoms with E-state index in [2.05, 4.69) is 15.1 Å². The summed E-state index contributed by atoms with van der Waals surface area (Å²) < 4.78 is 10.4. The number of hydrogen-bond donors (Lipinski definition) is 0. The van der Waals surface area contributed by atoms with Crippen LogP contribution in [0.4, 0.5) is 0 Å². The van der Waals surface area contributed by atoms with Crippen LogP contribution in [-0.4, -0.2) is 45.8 Å². The number of methoxy groups -OCH3 is 1. The Morgan fingerprint density at radius 3 is 2.85 bits per heavy atom. The average molecular weight is 370 g/mol. The molecule has 0 spiro atoms. The van der Waals surface area contributed by atoms with E-state index in [-0.39, 0.29) is 12.5 Å². The van der Waals surface area contributed by atoms with Gasteiger partial charge in [0, 0.05) is 29.9 Å². The molecule has 0 fully saturated rings. The fraction of sp³-hybridized carbons (Fsp3) is 0.222. The molecule has 1 amide bonds. The van der Waals surface area contributed by atoms with Crippen molar-refractivity contribution in [2.24, 2.45) is 0 Å². The molecule has 1 aromatic carbocycles. The van der Waals surface area contributed by atoms with E-state index < -0.39 is 0 Å². The molecule has 134 valence electrons. The molecule has 3 aromatic rings. The Hall–Kier alpha value is -2.87. The molecule has 2 heterocycles. The summed E-state index contributed by atoms with van der Waals surface area (Å²) in [5.74, 6) is 1.93. The molecule has 0 aliphatic carbocycles. The summed E-state index contributed by atoms with van der Waals surface area (Å²) in [4.78, 5) is 23.1. The van der Waals surface area contributed by atoms with Crippen molar-refractivity contribution in [2.45, 2.75) is 11.4 Å². The lowest BCUT2D eigenvalue weighted by atomic mass is 10.2. The molecular formula is C18H18N4O3S. The van der Waals surface area contributed by atoms with E-state index in [1.54, 1.807) is 43.6 Å². The van der Waals surface area contributed by atoms with Gasteiger partial charge in [0.2, 0.25) is 17.6 Å². The van der Waals surface area contributed by atoms with Gasteiger partial charge in [-0.25, -0.2) is 0 Å². The van der Waals surface area contributed by atoms with Crippen molar-refractivity contribution in [3.63, 3.8) is 0 Å². The number of aromatic nitrogens is 3. The van der Waals surface area contributed by atoms with Crippen LogP contribution < -0.4 is 4.74 Å². The average Bonchev–Trinajstić information content (AvgIpc) is 3.15. The zero-order chi connectivity index (χ0) is 18.4. The van der Waals surface area contributed by atoms with E-state index in [0.29, 0.717) is 17.5 Å². The van der Waals surface area contributed by atoms with Gasteiger partial charge in [-0.2, -0.15) is 4.98 Å². The fourth-order valence-electron chi connectivity index (χ4n) is 2.17. The van der Waals surface area contributed by atoms with E-state index in [0.717, 1.165) is 16.2 Å². The van der Waals surface area contributed by atoms with E-state index in [4.69, 9.17) is 9.26 Å². The Labute approximate surface area is 155 Å². The summed E-state index contributed by atoms with van der Waals surface area (Å²) in [5.41, 5.74) is 0.817. The highest BCUT2D eigenvalue weighted by Gasteiger charge is 2.15. The number of thioether (sulfide) groups is 1. The topological polar surface area (TPSA) is 81.4 Å². The first-order valence-corrected chi connectivity index (χ1v) is 8.88. The van der Waals surface area contributed by atoms with Gasteiger partial charge in [-0.3, -0.25) is 9.78 Å². The molecule has 0 bridgehead atoms. The quantitative estimate of drug-likeness (QED) is 0.592. The highest BCUT2D eigenvalue weighted by atomic mass is 32.2. The number of amides is 1. The number of benzene rings is 1. The van der Waals surface area contributed by atoms with Gasteiger partial charge < -0.3 is 14.2 Å². The molecule has 0 unspecified atom stereocenters. The lowest BCUT2D eigenvalue weighted by molar-refractivity contribution is -0.127. The molecular weight excluding hydrogens is 352 g/mol. The smallest absolute Gasteiger partial charge is 0.246 e. The number of carbonyl (C=O) groups excluding carboxylic acids is 1. The number of hydrogen-bond acceptors (Lipinski definition) is 7. The lowest BCUT2D eigenvalue weighted by Gasteiger charge is -2.14. The largest absolute Gasteiger partial charge is 0.497 e. The molecule has 8 heteroatoms. The minimum absolute atomic E-state index is 0.0264. The molecule has 0 radical (unpaired) electrons. The van der Waals surface area contributed by atoms with Crippen LogP contribution in [0.1, 0.15) is 5.89 Å². The lowest BCUT2D eigenvalue weighted by Crippen LogP contribution is -2.27. The van der Waals surface area contributed by atoms with Crippen molar-refractivity contribution < 1.29 is 14.1 Å². The highest BCUT2D eigenvalue weighted by Crippen LogP contribution is 2.23. The van der Waals surface area contributed by atoms with E-state index in [1.807, 2.05) is 24.3 Å². The molecule has 26 heavy (non-hydrogen) atoms. The van der Waals surface area contributed by atoms with Crippen LogP contribution in [0.2, 0.25) is 0 Å².